The third-order valence-electron chi connectivity index (χ3n) is 7.37. The van der Waals surface area contributed by atoms with Crippen LogP contribution in [0.15, 0.2) is 63.3 Å². The first-order valence-corrected chi connectivity index (χ1v) is 15.5. The van der Waals surface area contributed by atoms with Crippen LogP contribution in [0.2, 0.25) is 5.02 Å². The zero-order valence-electron chi connectivity index (χ0n) is 21.5. The Morgan fingerprint density at radius 2 is 2.00 bits per heavy atom. The van der Waals surface area contributed by atoms with Crippen LogP contribution in [0, 0.1) is 11.7 Å². The monoisotopic (exact) mass is 604 g/mol. The predicted octanol–water partition coefficient (Wildman–Crippen LogP) is 4.09. The number of esters is 1. The minimum atomic E-state index is -3.71. The number of amidine groups is 1. The highest BCUT2D eigenvalue weighted by molar-refractivity contribution is 7.89. The molecule has 1 atom stereocenters. The van der Waals surface area contributed by atoms with Gasteiger partial charge in [-0.25, -0.2) is 22.6 Å². The van der Waals surface area contributed by atoms with Crippen LogP contribution < -0.4 is 5.32 Å². The Hall–Kier alpha value is -3.13. The lowest BCUT2D eigenvalue weighted by atomic mass is 9.86. The van der Waals surface area contributed by atoms with Crippen LogP contribution in [0.1, 0.15) is 48.3 Å². The Kier molecular flexibility index (Phi) is 7.23. The molecule has 10 nitrogen and oxygen atoms in total. The number of aromatic nitrogens is 3. The quantitative estimate of drug-likeness (QED) is 0.404. The fraction of sp³-hybridized carbons (Fsp3) is 0.385. The minimum absolute atomic E-state index is 0.127. The fourth-order valence-corrected chi connectivity index (χ4v) is 7.41. The minimum Gasteiger partial charge on any atom is -0.466 e. The summed E-state index contributed by atoms with van der Waals surface area (Å²) in [5, 5.41) is 10.1. The normalized spacial score (nSPS) is 20.8. The summed E-state index contributed by atoms with van der Waals surface area (Å²) in [7, 11) is -2.42. The second-order valence-electron chi connectivity index (χ2n) is 9.89. The first-order valence-electron chi connectivity index (χ1n) is 12.8. The van der Waals surface area contributed by atoms with Crippen molar-refractivity contribution >= 4 is 44.8 Å². The SMILES string of the molecule is COC(=O)C1=C(C2CCN(S(=O)(=O)c3cnn(C4CC4)c3)CC2)NC(c2nccs2)=NC1c1ccc(F)cc1Cl. The van der Waals surface area contributed by atoms with Gasteiger partial charge in [0.05, 0.1) is 24.9 Å². The number of allylic oxidation sites excluding steroid dienone is 1. The molecule has 2 fully saturated rings. The zero-order valence-corrected chi connectivity index (χ0v) is 23.8. The molecule has 1 aliphatic carbocycles. The smallest absolute Gasteiger partial charge is 0.338 e. The van der Waals surface area contributed by atoms with Gasteiger partial charge < -0.3 is 10.1 Å². The van der Waals surface area contributed by atoms with E-state index in [4.69, 9.17) is 21.3 Å². The first-order chi connectivity index (χ1) is 19.3. The number of sulfonamides is 1. The number of hydrogen-bond acceptors (Lipinski definition) is 9. The van der Waals surface area contributed by atoms with Gasteiger partial charge in [0.1, 0.15) is 16.8 Å². The maximum Gasteiger partial charge on any atom is 0.338 e. The molecule has 1 saturated heterocycles. The Labute approximate surface area is 239 Å². The van der Waals surface area contributed by atoms with E-state index in [1.807, 2.05) is 5.38 Å². The molecule has 2 aliphatic heterocycles. The first kappa shape index (κ1) is 27.1. The largest absolute Gasteiger partial charge is 0.466 e. The molecule has 0 spiro atoms. The van der Waals surface area contributed by atoms with Crippen molar-refractivity contribution in [2.75, 3.05) is 20.2 Å². The second-order valence-corrected chi connectivity index (χ2v) is 13.1. The molecule has 3 aromatic rings. The van der Waals surface area contributed by atoms with Crippen LogP contribution in [0.5, 0.6) is 0 Å². The summed E-state index contributed by atoms with van der Waals surface area (Å²) >= 11 is 7.81. The Bertz CT molecular complexity index is 1610. The van der Waals surface area contributed by atoms with Crippen molar-refractivity contribution in [3.63, 3.8) is 0 Å². The van der Waals surface area contributed by atoms with Crippen molar-refractivity contribution in [2.24, 2.45) is 10.9 Å². The van der Waals surface area contributed by atoms with E-state index in [1.54, 1.807) is 17.1 Å². The Morgan fingerprint density at radius 1 is 1.23 bits per heavy atom. The number of nitrogens with one attached hydrogen (secondary N) is 1. The van der Waals surface area contributed by atoms with Gasteiger partial charge >= 0.3 is 5.97 Å². The molecule has 1 aromatic carbocycles. The molecule has 6 rings (SSSR count). The number of methoxy groups -OCH3 is 1. The van der Waals surface area contributed by atoms with Gasteiger partial charge in [-0.3, -0.25) is 9.67 Å². The van der Waals surface area contributed by atoms with E-state index in [0.29, 0.717) is 34.9 Å². The topological polar surface area (TPSA) is 119 Å². The molecule has 3 aliphatic rings. The van der Waals surface area contributed by atoms with Crippen molar-refractivity contribution in [3.8, 4) is 0 Å². The summed E-state index contributed by atoms with van der Waals surface area (Å²) in [5.41, 5.74) is 1.28. The summed E-state index contributed by atoms with van der Waals surface area (Å²) < 4.78 is 49.0. The molecule has 1 N–H and O–H groups in total. The molecule has 2 aromatic heterocycles. The van der Waals surface area contributed by atoms with E-state index < -0.39 is 27.9 Å². The Balaban J connectivity index is 1.33. The summed E-state index contributed by atoms with van der Waals surface area (Å²) in [5.74, 6) is -0.864. The second kappa shape index (κ2) is 10.7. The average molecular weight is 605 g/mol. The molecular weight excluding hydrogens is 579 g/mol. The number of benzene rings is 1. The number of rotatable bonds is 7. The van der Waals surface area contributed by atoms with Crippen molar-refractivity contribution in [2.45, 2.75) is 42.7 Å². The molecule has 1 unspecified atom stereocenters. The number of ether oxygens (including phenoxy) is 1. The van der Waals surface area contributed by atoms with Crippen molar-refractivity contribution in [1.82, 2.24) is 24.4 Å². The van der Waals surface area contributed by atoms with Gasteiger partial charge in [-0.2, -0.15) is 9.40 Å². The zero-order chi connectivity index (χ0) is 28.0. The maximum absolute atomic E-state index is 13.9. The van der Waals surface area contributed by atoms with E-state index >= 15 is 0 Å². The summed E-state index contributed by atoms with van der Waals surface area (Å²) in [6.45, 7) is 0.514. The molecule has 0 radical (unpaired) electrons. The van der Waals surface area contributed by atoms with Gasteiger partial charge in [-0.15, -0.1) is 11.3 Å². The standard InChI is InChI=1S/C26H26ClFN6O4S2/c1-38-26(35)21-22(15-6-9-33(10-7-15)40(36,37)18-13-30-34(14-18)17-3-4-17)31-24(25-29-8-11-39-25)32-23(21)19-5-2-16(28)12-20(19)27/h2,5,8,11-15,17,23H,3-4,6-7,9-10H2,1H3,(H,31,32). The van der Waals surface area contributed by atoms with E-state index in [2.05, 4.69) is 15.4 Å². The molecule has 0 amide bonds. The number of hydrogen-bond donors (Lipinski definition) is 1. The van der Waals surface area contributed by atoms with Crippen LogP contribution in [0.25, 0.3) is 0 Å². The number of piperidine rings is 1. The van der Waals surface area contributed by atoms with Gasteiger partial charge in [-0.1, -0.05) is 17.7 Å². The molecule has 1 saturated carbocycles. The van der Waals surface area contributed by atoms with Gasteiger partial charge in [0.25, 0.3) is 0 Å². The van der Waals surface area contributed by atoms with Crippen LogP contribution >= 0.6 is 22.9 Å². The van der Waals surface area contributed by atoms with Crippen LogP contribution in [0.3, 0.4) is 0 Å². The molecule has 210 valence electrons. The average Bonchev–Trinajstić information content (AvgIpc) is 3.42. The molecular formula is C26H26ClFN6O4S2. The van der Waals surface area contributed by atoms with E-state index in [9.17, 15) is 17.6 Å². The van der Waals surface area contributed by atoms with E-state index in [-0.39, 0.29) is 40.5 Å². The lowest BCUT2D eigenvalue weighted by Gasteiger charge is -2.36. The molecule has 14 heteroatoms. The Morgan fingerprint density at radius 3 is 2.65 bits per heavy atom. The van der Waals surface area contributed by atoms with Crippen molar-refractivity contribution in [1.29, 1.82) is 0 Å². The van der Waals surface area contributed by atoms with Gasteiger partial charge in [0, 0.05) is 53.1 Å². The maximum atomic E-state index is 13.9. The molecule has 40 heavy (non-hydrogen) atoms. The fourth-order valence-electron chi connectivity index (χ4n) is 5.15. The van der Waals surface area contributed by atoms with Gasteiger partial charge in [0.15, 0.2) is 10.8 Å². The van der Waals surface area contributed by atoms with E-state index in [1.165, 1.54) is 47.1 Å². The van der Waals surface area contributed by atoms with E-state index in [0.717, 1.165) is 12.8 Å². The van der Waals surface area contributed by atoms with Crippen LogP contribution in [-0.4, -0.2) is 59.5 Å². The van der Waals surface area contributed by atoms with Gasteiger partial charge in [0.2, 0.25) is 10.0 Å². The number of halogens is 2. The molecule has 0 bridgehead atoms. The molecule has 4 heterocycles. The summed E-state index contributed by atoms with van der Waals surface area (Å²) in [4.78, 5) is 22.5. The number of carbonyl (C=O) groups excluding carboxylic acids is 1. The number of nitrogens with zero attached hydrogens (tertiary/aromatic N) is 5. The highest BCUT2D eigenvalue weighted by Crippen LogP contribution is 2.40. The number of thiazole rings is 1. The number of carbonyl (C=O) groups is 1. The lowest BCUT2D eigenvalue weighted by molar-refractivity contribution is -0.136. The van der Waals surface area contributed by atoms with Crippen LogP contribution in [0.4, 0.5) is 4.39 Å². The predicted molar refractivity (Wildman–Crippen MR) is 147 cm³/mol. The van der Waals surface area contributed by atoms with Crippen molar-refractivity contribution < 1.29 is 22.3 Å². The highest BCUT2D eigenvalue weighted by atomic mass is 35.5. The number of aliphatic imine (C=N–C) groups is 1. The van der Waals surface area contributed by atoms with Crippen LogP contribution in [-0.2, 0) is 19.6 Å². The van der Waals surface area contributed by atoms with Crippen molar-refractivity contribution in [3.05, 3.63) is 74.9 Å². The van der Waals surface area contributed by atoms with Gasteiger partial charge in [-0.05, 0) is 37.8 Å². The highest BCUT2D eigenvalue weighted by Gasteiger charge is 2.39. The third kappa shape index (κ3) is 5.06. The summed E-state index contributed by atoms with van der Waals surface area (Å²) in [6.07, 6.45) is 7.59. The third-order valence-corrected chi connectivity index (χ3v) is 10.3. The lowest BCUT2D eigenvalue weighted by Crippen LogP contribution is -2.43. The summed E-state index contributed by atoms with van der Waals surface area (Å²) in [6, 6.07) is 3.37.